The average molecular weight is 1030 g/mol. The van der Waals surface area contributed by atoms with E-state index in [-0.39, 0.29) is 84.0 Å². The first-order valence-corrected chi connectivity index (χ1v) is 24.3. The second-order valence-corrected chi connectivity index (χ2v) is 19.7. The summed E-state index contributed by atoms with van der Waals surface area (Å²) in [6, 6.07) is 20.2. The van der Waals surface area contributed by atoms with Crippen molar-refractivity contribution < 1.29 is 73.8 Å². The normalized spacial score (nSPS) is 23.2. The molecule has 6 amide bonds. The summed E-state index contributed by atoms with van der Waals surface area (Å²) in [5.74, 6) is -6.73. The van der Waals surface area contributed by atoms with Crippen molar-refractivity contribution in [3.63, 3.8) is 0 Å². The number of aliphatic carboxylic acids is 3. The van der Waals surface area contributed by atoms with Gasteiger partial charge in [0.05, 0.1) is 73.5 Å². The van der Waals surface area contributed by atoms with Crippen molar-refractivity contribution in [1.29, 1.82) is 0 Å². The lowest BCUT2D eigenvalue weighted by molar-refractivity contribution is -0.161. The van der Waals surface area contributed by atoms with E-state index in [1.807, 2.05) is 0 Å². The Labute approximate surface area is 431 Å². The van der Waals surface area contributed by atoms with E-state index in [4.69, 9.17) is 5.73 Å². The highest BCUT2D eigenvalue weighted by atomic mass is 16.4. The first-order chi connectivity index (χ1) is 35.4. The van der Waals surface area contributed by atoms with Crippen LogP contribution >= 0.6 is 0 Å². The third-order valence-corrected chi connectivity index (χ3v) is 14.6. The van der Waals surface area contributed by atoms with Crippen LogP contribution in [0.1, 0.15) is 73.4 Å². The van der Waals surface area contributed by atoms with Crippen molar-refractivity contribution >= 4 is 70.1 Å². The fraction of sp³-hybridized carbons (Fsp3) is 0.389. The molecular formula is C54H60N6O15. The molecule has 0 radical (unpaired) electrons. The zero-order valence-corrected chi connectivity index (χ0v) is 42.1. The van der Waals surface area contributed by atoms with Crippen molar-refractivity contribution in [2.45, 2.75) is 95.7 Å². The minimum atomic E-state index is -1.16. The standard InChI is InChI=1S/C19H22N2O5.C18H20N2O5.C17H18N2O5/c1-10(22)16-14-9-13(17(19(25)26)21(14)18(16)24)12-6-4-11(5-7-12)8-15(23)20(2)3;1-9(21)15-13-8-12(16(18(24)25)20(13)17(15)23)11-5-3-10(4-6-11)7-14(22)19-2;1-8(20)14-12-7-11(15(17(23)24)19(12)16(14)22)10-4-2-9(3-5-10)6-13(18)21/h4-7,10,14,16,22H,8-9H2,1-3H3,(H,25,26);3-6,9,13,15,21H,7-8H2,1-2H3,(H,19,22)(H,24,25);2-5,8,12,14,20H,6-7H2,1H3,(H2,18,21)(H,23,24)/t10-,14-,16-;9-,13-,15-;8-,12-,14-/m111/s1. The topological polar surface area (TPSA) is 326 Å². The van der Waals surface area contributed by atoms with E-state index in [0.29, 0.717) is 47.1 Å². The van der Waals surface area contributed by atoms with Crippen LogP contribution in [0.15, 0.2) is 89.9 Å². The van der Waals surface area contributed by atoms with Gasteiger partial charge in [0.2, 0.25) is 35.4 Å². The van der Waals surface area contributed by atoms with Crippen LogP contribution in [-0.2, 0) is 62.4 Å². The Hall–Kier alpha value is -8.01. The number of hydrogen-bond acceptors (Lipinski definition) is 12. The monoisotopic (exact) mass is 1030 g/mol. The lowest BCUT2D eigenvalue weighted by Gasteiger charge is -2.44. The summed E-state index contributed by atoms with van der Waals surface area (Å²) in [5, 5.41) is 60.5. The number of carbonyl (C=O) groups excluding carboxylic acids is 6. The molecule has 0 aliphatic carbocycles. The number of nitrogens with one attached hydrogen (secondary N) is 1. The van der Waals surface area contributed by atoms with Crippen LogP contribution in [-0.4, -0.2) is 161 Å². The van der Waals surface area contributed by atoms with E-state index < -0.39 is 59.9 Å². The Morgan fingerprint density at radius 1 is 0.533 bits per heavy atom. The molecule has 0 aromatic heterocycles. The molecule has 6 aliphatic rings. The number of carboxylic acids is 3. The molecule has 6 heterocycles. The molecule has 0 bridgehead atoms. The Bertz CT molecular complexity index is 2940. The summed E-state index contributed by atoms with van der Waals surface area (Å²) in [6.45, 7) is 4.64. The average Bonchev–Trinajstić information content (AvgIpc) is 3.99. The third-order valence-electron chi connectivity index (χ3n) is 14.6. The number of nitrogens with two attached hydrogens (primary N) is 1. The number of likely N-dealkylation sites (N-methyl/N-ethyl adjacent to an activating group) is 2. The molecule has 3 saturated heterocycles. The molecule has 0 saturated carbocycles. The fourth-order valence-corrected chi connectivity index (χ4v) is 10.9. The first kappa shape index (κ1) is 54.8. The van der Waals surface area contributed by atoms with Crippen LogP contribution < -0.4 is 11.1 Å². The third kappa shape index (κ3) is 10.6. The minimum absolute atomic E-state index is 0.00554. The number of rotatable bonds is 15. The van der Waals surface area contributed by atoms with E-state index in [9.17, 15) is 73.8 Å². The van der Waals surface area contributed by atoms with Crippen LogP contribution in [0.4, 0.5) is 0 Å². The molecule has 3 aromatic rings. The predicted molar refractivity (Wildman–Crippen MR) is 267 cm³/mol. The second kappa shape index (κ2) is 21.8. The molecule has 9 rings (SSSR count). The van der Waals surface area contributed by atoms with E-state index in [2.05, 4.69) is 5.32 Å². The molecule has 3 fully saturated rings. The highest BCUT2D eigenvalue weighted by molar-refractivity contribution is 6.08. The molecule has 396 valence electrons. The van der Waals surface area contributed by atoms with Crippen LogP contribution in [0.25, 0.3) is 16.7 Å². The van der Waals surface area contributed by atoms with Crippen LogP contribution in [0.5, 0.6) is 0 Å². The summed E-state index contributed by atoms with van der Waals surface area (Å²) >= 11 is 0. The molecule has 75 heavy (non-hydrogen) atoms. The Morgan fingerprint density at radius 2 is 0.813 bits per heavy atom. The van der Waals surface area contributed by atoms with Crippen molar-refractivity contribution in [2.24, 2.45) is 23.5 Å². The maximum absolute atomic E-state index is 12.2. The zero-order valence-electron chi connectivity index (χ0n) is 42.1. The van der Waals surface area contributed by atoms with Crippen molar-refractivity contribution in [3.05, 3.63) is 123 Å². The van der Waals surface area contributed by atoms with Gasteiger partial charge < -0.3 is 61.3 Å². The lowest BCUT2D eigenvalue weighted by Crippen LogP contribution is -2.61. The van der Waals surface area contributed by atoms with E-state index in [1.54, 1.807) is 108 Å². The molecule has 9 atom stereocenters. The van der Waals surface area contributed by atoms with Crippen molar-refractivity contribution in [3.8, 4) is 0 Å². The number of carbonyl (C=O) groups is 9. The van der Waals surface area contributed by atoms with Gasteiger partial charge in [0, 0.05) is 21.1 Å². The van der Waals surface area contributed by atoms with E-state index in [1.165, 1.54) is 26.5 Å². The molecular weight excluding hydrogens is 973 g/mol. The molecule has 21 nitrogen and oxygen atoms in total. The molecule has 21 heteroatoms. The maximum Gasteiger partial charge on any atom is 0.352 e. The number of β-lactam (4-membered cyclic amide) rings is 3. The number of aliphatic hydroxyl groups is 3. The number of primary amides is 1. The molecule has 6 aliphatic heterocycles. The van der Waals surface area contributed by atoms with Gasteiger partial charge in [-0.2, -0.15) is 0 Å². The number of amides is 6. The highest BCUT2D eigenvalue weighted by Gasteiger charge is 2.59. The van der Waals surface area contributed by atoms with Gasteiger partial charge >= 0.3 is 17.9 Å². The number of benzene rings is 3. The van der Waals surface area contributed by atoms with Gasteiger partial charge in [-0.05, 0) is 90.1 Å². The van der Waals surface area contributed by atoms with E-state index >= 15 is 0 Å². The van der Waals surface area contributed by atoms with Crippen LogP contribution in [0, 0.1) is 17.8 Å². The Morgan fingerprint density at radius 3 is 1.05 bits per heavy atom. The van der Waals surface area contributed by atoms with Gasteiger partial charge in [0.15, 0.2) is 0 Å². The van der Waals surface area contributed by atoms with Gasteiger partial charge in [0.1, 0.15) is 17.1 Å². The lowest BCUT2D eigenvalue weighted by atomic mass is 9.82. The van der Waals surface area contributed by atoms with Gasteiger partial charge in [0.25, 0.3) is 0 Å². The largest absolute Gasteiger partial charge is 0.477 e. The summed E-state index contributed by atoms with van der Waals surface area (Å²) in [4.78, 5) is 111. The first-order valence-electron chi connectivity index (χ1n) is 24.3. The SMILES string of the molecule is CNC(=O)Cc1ccc(C2=C(C(=O)O)N3C(=O)[C@H]([C@@H](C)O)[C@H]3C2)cc1.C[C@@H](O)[C@H]1C(=O)N2C(C(=O)O)=C(c3ccc(CC(=O)N(C)C)cc3)C[C@H]12.C[C@@H](O)[C@H]1C(=O)N2C(C(=O)O)=C(c3ccc(CC(N)=O)cc3)C[C@H]12. The van der Waals surface area contributed by atoms with Gasteiger partial charge in [-0.1, -0.05) is 72.8 Å². The number of nitrogens with zero attached hydrogens (tertiary/aromatic N) is 4. The molecule has 9 N–H and O–H groups in total. The number of carboxylic acid groups (broad SMARTS) is 3. The number of aliphatic hydroxyl groups excluding tert-OH is 3. The summed E-state index contributed by atoms with van der Waals surface area (Å²) in [5.41, 5.74) is 11.4. The van der Waals surface area contributed by atoms with Gasteiger partial charge in [-0.15, -0.1) is 0 Å². The molecule has 0 spiro atoms. The predicted octanol–water partition coefficient (Wildman–Crippen LogP) is 1.23. The fourth-order valence-electron chi connectivity index (χ4n) is 10.9. The second-order valence-electron chi connectivity index (χ2n) is 19.7. The smallest absolute Gasteiger partial charge is 0.352 e. The number of fused-ring (bicyclic) bond motifs is 3. The Balaban J connectivity index is 0.000000164. The minimum Gasteiger partial charge on any atom is -0.477 e. The quantitative estimate of drug-likeness (QED) is 0.0993. The van der Waals surface area contributed by atoms with Gasteiger partial charge in [-0.25, -0.2) is 14.4 Å². The summed E-state index contributed by atoms with van der Waals surface area (Å²) in [6.07, 6.45) is -0.604. The summed E-state index contributed by atoms with van der Waals surface area (Å²) < 4.78 is 0. The van der Waals surface area contributed by atoms with Gasteiger partial charge in [-0.3, -0.25) is 28.8 Å². The highest BCUT2D eigenvalue weighted by Crippen LogP contribution is 2.49. The van der Waals surface area contributed by atoms with E-state index in [0.717, 1.165) is 22.3 Å². The molecule has 3 aromatic carbocycles. The maximum atomic E-state index is 12.2. The zero-order chi connectivity index (χ0) is 55.1. The van der Waals surface area contributed by atoms with Crippen molar-refractivity contribution in [2.75, 3.05) is 21.1 Å². The van der Waals surface area contributed by atoms with Crippen molar-refractivity contribution in [1.82, 2.24) is 24.9 Å². The van der Waals surface area contributed by atoms with Crippen LogP contribution in [0.3, 0.4) is 0 Å². The number of hydrogen-bond donors (Lipinski definition) is 8. The van der Waals surface area contributed by atoms with Crippen LogP contribution in [0.2, 0.25) is 0 Å². The summed E-state index contributed by atoms with van der Waals surface area (Å²) in [7, 11) is 4.96. The Kier molecular flexibility index (Phi) is 15.9. The molecule has 0 unspecified atom stereocenters.